The number of aromatic nitrogens is 1. The molecule has 0 saturated carbocycles. The molecule has 9 heteroatoms. The van der Waals surface area contributed by atoms with E-state index in [9.17, 15) is 4.79 Å². The number of carbonyl (C=O) groups excluding carboxylic acids is 1. The molecular weight excluding hydrogens is 529 g/mol. The summed E-state index contributed by atoms with van der Waals surface area (Å²) in [5, 5.41) is 6.87. The maximum absolute atomic E-state index is 12.2. The van der Waals surface area contributed by atoms with Gasteiger partial charge in [0.25, 0.3) is 5.91 Å². The van der Waals surface area contributed by atoms with E-state index in [1.807, 2.05) is 62.1 Å². The van der Waals surface area contributed by atoms with Crippen LogP contribution in [-0.4, -0.2) is 34.9 Å². The number of nitrogens with one attached hydrogen (secondary N) is 2. The first-order valence-corrected chi connectivity index (χ1v) is 10.1. The van der Waals surface area contributed by atoms with Crippen LogP contribution in [0.4, 0.5) is 5.69 Å². The number of amides is 1. The van der Waals surface area contributed by atoms with Crippen molar-refractivity contribution < 1.29 is 9.21 Å². The Morgan fingerprint density at radius 2 is 2.06 bits per heavy atom. The zero-order valence-corrected chi connectivity index (χ0v) is 20.8. The second-order valence-electron chi connectivity index (χ2n) is 6.92. The Hall–Kier alpha value is -2.46. The van der Waals surface area contributed by atoms with Crippen LogP contribution in [0.3, 0.4) is 0 Å². The summed E-state index contributed by atoms with van der Waals surface area (Å²) in [6, 6.07) is 12.9. The number of nitrogens with zero attached hydrogens (tertiary/aromatic N) is 3. The molecule has 0 spiro atoms. The van der Waals surface area contributed by atoms with Crippen molar-refractivity contribution in [2.24, 2.45) is 12.0 Å². The number of benzene rings is 1. The van der Waals surface area contributed by atoms with Crippen molar-refractivity contribution in [3.63, 3.8) is 0 Å². The largest absolute Gasteiger partial charge is 0.459 e. The molecule has 1 amide bonds. The number of halogens is 2. The normalized spacial score (nSPS) is 11.0. The Balaban J connectivity index is 0.00000341. The Kier molecular flexibility index (Phi) is 9.44. The van der Waals surface area contributed by atoms with E-state index < -0.39 is 0 Å². The molecule has 2 heterocycles. The molecule has 0 bridgehead atoms. The molecule has 0 aliphatic rings. The third-order valence-electron chi connectivity index (χ3n) is 4.51. The van der Waals surface area contributed by atoms with Gasteiger partial charge < -0.3 is 24.5 Å². The predicted octanol–water partition coefficient (Wildman–Crippen LogP) is 4.74. The van der Waals surface area contributed by atoms with E-state index >= 15 is 0 Å². The summed E-state index contributed by atoms with van der Waals surface area (Å²) in [6.45, 7) is 3.95. The van der Waals surface area contributed by atoms with E-state index in [2.05, 4.69) is 15.5 Å². The van der Waals surface area contributed by atoms with Crippen molar-refractivity contribution in [1.29, 1.82) is 0 Å². The molecule has 0 radical (unpaired) electrons. The van der Waals surface area contributed by atoms with Gasteiger partial charge in [-0.1, -0.05) is 23.7 Å². The van der Waals surface area contributed by atoms with E-state index in [4.69, 9.17) is 21.0 Å². The average molecular weight is 556 g/mol. The fourth-order valence-electron chi connectivity index (χ4n) is 3.02. The molecule has 0 saturated heterocycles. The van der Waals surface area contributed by atoms with E-state index in [0.717, 1.165) is 28.8 Å². The summed E-state index contributed by atoms with van der Waals surface area (Å²) >= 11 is 6.09. The minimum absolute atomic E-state index is 0. The highest BCUT2D eigenvalue weighted by Gasteiger charge is 2.11. The first kappa shape index (κ1) is 24.8. The van der Waals surface area contributed by atoms with Crippen LogP contribution < -0.4 is 10.6 Å². The van der Waals surface area contributed by atoms with Crippen molar-refractivity contribution in [2.75, 3.05) is 18.9 Å². The highest BCUT2D eigenvalue weighted by atomic mass is 127. The number of hydrogen-bond acceptors (Lipinski definition) is 3. The molecule has 0 fully saturated rings. The maximum Gasteiger partial charge on any atom is 0.291 e. The van der Waals surface area contributed by atoms with Crippen LogP contribution in [0, 0.1) is 0 Å². The molecule has 3 aromatic rings. The van der Waals surface area contributed by atoms with Gasteiger partial charge in [0.05, 0.1) is 24.4 Å². The summed E-state index contributed by atoms with van der Waals surface area (Å²) in [5.41, 5.74) is 2.77. The second-order valence-corrected chi connectivity index (χ2v) is 7.36. The van der Waals surface area contributed by atoms with Gasteiger partial charge in [-0.3, -0.25) is 4.79 Å². The number of guanidine groups is 1. The Labute approximate surface area is 204 Å². The lowest BCUT2D eigenvalue weighted by molar-refractivity contribution is 0.0996. The van der Waals surface area contributed by atoms with Gasteiger partial charge in [-0.15, -0.1) is 24.0 Å². The van der Waals surface area contributed by atoms with E-state index in [-0.39, 0.29) is 35.6 Å². The van der Waals surface area contributed by atoms with Gasteiger partial charge >= 0.3 is 0 Å². The van der Waals surface area contributed by atoms with Crippen molar-refractivity contribution in [2.45, 2.75) is 20.0 Å². The molecule has 3 rings (SSSR count). The molecule has 1 aromatic carbocycles. The zero-order chi connectivity index (χ0) is 21.5. The lowest BCUT2D eigenvalue weighted by Gasteiger charge is -2.22. The lowest BCUT2D eigenvalue weighted by atomic mass is 10.2. The summed E-state index contributed by atoms with van der Waals surface area (Å²) < 4.78 is 7.14. The Bertz CT molecular complexity index is 1020. The fourth-order valence-corrected chi connectivity index (χ4v) is 3.30. The summed E-state index contributed by atoms with van der Waals surface area (Å²) in [5.74, 6) is 0.782. The van der Waals surface area contributed by atoms with E-state index in [1.165, 1.54) is 6.26 Å². The average Bonchev–Trinajstić information content (AvgIpc) is 3.35. The van der Waals surface area contributed by atoms with Crippen LogP contribution in [0.15, 0.2) is 64.3 Å². The van der Waals surface area contributed by atoms with Gasteiger partial charge in [-0.2, -0.15) is 0 Å². The van der Waals surface area contributed by atoms with Gasteiger partial charge in [-0.25, -0.2) is 4.99 Å². The monoisotopic (exact) mass is 555 g/mol. The van der Waals surface area contributed by atoms with Gasteiger partial charge in [0.15, 0.2) is 11.7 Å². The highest BCUT2D eigenvalue weighted by Crippen LogP contribution is 2.15. The van der Waals surface area contributed by atoms with Crippen LogP contribution >= 0.6 is 35.6 Å². The first-order chi connectivity index (χ1) is 14.5. The molecule has 0 unspecified atom stereocenters. The number of aliphatic imine (C=N–C) groups is 1. The van der Waals surface area contributed by atoms with Crippen LogP contribution in [0.5, 0.6) is 0 Å². The molecule has 166 valence electrons. The minimum Gasteiger partial charge on any atom is -0.459 e. The highest BCUT2D eigenvalue weighted by molar-refractivity contribution is 14.0. The van der Waals surface area contributed by atoms with Crippen molar-refractivity contribution in [3.05, 3.63) is 77.0 Å². The second kappa shape index (κ2) is 11.8. The molecule has 31 heavy (non-hydrogen) atoms. The van der Waals surface area contributed by atoms with Crippen LogP contribution in [0.1, 0.15) is 28.7 Å². The third kappa shape index (κ3) is 7.03. The molecule has 0 aliphatic carbocycles. The van der Waals surface area contributed by atoms with E-state index in [0.29, 0.717) is 18.8 Å². The first-order valence-electron chi connectivity index (χ1n) is 9.70. The molecule has 2 aromatic heterocycles. The quantitative estimate of drug-likeness (QED) is 0.251. The SMILES string of the molecule is CCNC(=NCc1cccc(NC(=O)c2ccco2)c1)N(C)Cc1cc(Cl)cn1C.I. The molecular formula is C22H27ClIN5O2. The Morgan fingerprint density at radius 1 is 1.26 bits per heavy atom. The number of carbonyl (C=O) groups is 1. The zero-order valence-electron chi connectivity index (χ0n) is 17.8. The lowest BCUT2D eigenvalue weighted by Crippen LogP contribution is -2.38. The smallest absolute Gasteiger partial charge is 0.291 e. The van der Waals surface area contributed by atoms with Crippen LogP contribution in [0.25, 0.3) is 0 Å². The van der Waals surface area contributed by atoms with Crippen molar-refractivity contribution in [1.82, 2.24) is 14.8 Å². The van der Waals surface area contributed by atoms with E-state index in [1.54, 1.807) is 12.1 Å². The summed E-state index contributed by atoms with van der Waals surface area (Å²) in [4.78, 5) is 19.0. The number of hydrogen-bond donors (Lipinski definition) is 2. The standard InChI is InChI=1S/C22H26ClN5O2.HI/c1-4-24-22(28(3)15-19-12-17(23)14-27(19)2)25-13-16-7-5-8-18(11-16)26-21(29)20-9-6-10-30-20;/h5-12,14H,4,13,15H2,1-3H3,(H,24,25)(H,26,29);1H. The molecule has 0 aliphatic heterocycles. The topological polar surface area (TPSA) is 74.8 Å². The Morgan fingerprint density at radius 3 is 2.71 bits per heavy atom. The number of furan rings is 1. The summed E-state index contributed by atoms with van der Waals surface area (Å²) in [6.07, 6.45) is 3.36. The number of aryl methyl sites for hydroxylation is 1. The minimum atomic E-state index is -0.282. The van der Waals surface area contributed by atoms with Crippen molar-refractivity contribution in [3.8, 4) is 0 Å². The fraction of sp³-hybridized carbons (Fsp3) is 0.273. The van der Waals surface area contributed by atoms with Gasteiger partial charge in [0, 0.05) is 38.2 Å². The number of anilines is 1. The van der Waals surface area contributed by atoms with Gasteiger partial charge in [-0.05, 0) is 42.8 Å². The maximum atomic E-state index is 12.2. The van der Waals surface area contributed by atoms with Gasteiger partial charge in [0.1, 0.15) is 0 Å². The van der Waals surface area contributed by atoms with Crippen LogP contribution in [0.2, 0.25) is 5.02 Å². The van der Waals surface area contributed by atoms with Crippen LogP contribution in [-0.2, 0) is 20.1 Å². The summed E-state index contributed by atoms with van der Waals surface area (Å²) in [7, 11) is 3.96. The molecule has 2 N–H and O–H groups in total. The predicted molar refractivity (Wildman–Crippen MR) is 135 cm³/mol. The third-order valence-corrected chi connectivity index (χ3v) is 4.72. The molecule has 7 nitrogen and oxygen atoms in total. The van der Waals surface area contributed by atoms with Gasteiger partial charge in [0.2, 0.25) is 0 Å². The molecule has 0 atom stereocenters. The number of rotatable bonds is 7. The van der Waals surface area contributed by atoms with Crippen molar-refractivity contribution >= 4 is 53.1 Å².